The standard InChI is InChI=1S/C10H22O2/c1-3-5-7-10(12)8-9(11)6-4-2/h9-12H,3-8H2,1-2H3/t9-,10-/m0/s1. The lowest BCUT2D eigenvalue weighted by atomic mass is 10.0. The van der Waals surface area contributed by atoms with Gasteiger partial charge in [0.25, 0.3) is 0 Å². The van der Waals surface area contributed by atoms with Crippen LogP contribution in [-0.4, -0.2) is 22.4 Å². The first-order chi connectivity index (χ1) is 5.70. The molecule has 0 heterocycles. The molecule has 0 saturated carbocycles. The highest BCUT2D eigenvalue weighted by Gasteiger charge is 2.09. The Bertz CT molecular complexity index is 93.8. The maximum absolute atomic E-state index is 9.42. The highest BCUT2D eigenvalue weighted by atomic mass is 16.3. The zero-order valence-electron chi connectivity index (χ0n) is 8.29. The van der Waals surface area contributed by atoms with E-state index >= 15 is 0 Å². The minimum Gasteiger partial charge on any atom is -0.393 e. The van der Waals surface area contributed by atoms with E-state index < -0.39 is 0 Å². The highest BCUT2D eigenvalue weighted by molar-refractivity contribution is 4.62. The van der Waals surface area contributed by atoms with Crippen molar-refractivity contribution in [2.24, 2.45) is 0 Å². The molecule has 0 spiro atoms. The molecule has 0 aliphatic heterocycles. The predicted molar refractivity (Wildman–Crippen MR) is 51.1 cm³/mol. The molecule has 0 aromatic heterocycles. The molecule has 74 valence electrons. The van der Waals surface area contributed by atoms with Crippen LogP contribution in [0.3, 0.4) is 0 Å². The molecule has 0 aliphatic carbocycles. The Morgan fingerprint density at radius 3 is 2.00 bits per heavy atom. The molecule has 2 N–H and O–H groups in total. The summed E-state index contributed by atoms with van der Waals surface area (Å²) in [7, 11) is 0. The number of hydrogen-bond donors (Lipinski definition) is 2. The van der Waals surface area contributed by atoms with Crippen LogP contribution in [0.4, 0.5) is 0 Å². The third-order valence-corrected chi connectivity index (χ3v) is 2.06. The van der Waals surface area contributed by atoms with Gasteiger partial charge in [0, 0.05) is 0 Å². The molecular weight excluding hydrogens is 152 g/mol. The van der Waals surface area contributed by atoms with Crippen molar-refractivity contribution >= 4 is 0 Å². The Morgan fingerprint density at radius 1 is 0.917 bits per heavy atom. The summed E-state index contributed by atoms with van der Waals surface area (Å²) < 4.78 is 0. The van der Waals surface area contributed by atoms with E-state index in [0.717, 1.165) is 32.1 Å². The number of aliphatic hydroxyl groups excluding tert-OH is 2. The van der Waals surface area contributed by atoms with Gasteiger partial charge >= 0.3 is 0 Å². The van der Waals surface area contributed by atoms with Gasteiger partial charge in [-0.05, 0) is 19.3 Å². The van der Waals surface area contributed by atoms with Crippen LogP contribution < -0.4 is 0 Å². The van der Waals surface area contributed by atoms with Crippen molar-refractivity contribution in [3.63, 3.8) is 0 Å². The lowest BCUT2D eigenvalue weighted by molar-refractivity contribution is 0.0695. The van der Waals surface area contributed by atoms with Gasteiger partial charge in [0.05, 0.1) is 12.2 Å². The topological polar surface area (TPSA) is 40.5 Å². The van der Waals surface area contributed by atoms with Gasteiger partial charge in [-0.2, -0.15) is 0 Å². The first-order valence-electron chi connectivity index (χ1n) is 5.06. The molecule has 0 unspecified atom stereocenters. The Kier molecular flexibility index (Phi) is 7.51. The molecule has 0 radical (unpaired) electrons. The first kappa shape index (κ1) is 11.9. The van der Waals surface area contributed by atoms with E-state index in [-0.39, 0.29) is 12.2 Å². The van der Waals surface area contributed by atoms with Gasteiger partial charge in [-0.15, -0.1) is 0 Å². The molecule has 0 aliphatic rings. The maximum Gasteiger partial charge on any atom is 0.0564 e. The third kappa shape index (κ3) is 6.62. The van der Waals surface area contributed by atoms with Crippen LogP contribution in [0.5, 0.6) is 0 Å². The number of rotatable bonds is 7. The molecule has 0 aromatic carbocycles. The van der Waals surface area contributed by atoms with Crippen molar-refractivity contribution in [1.29, 1.82) is 0 Å². The molecule has 12 heavy (non-hydrogen) atoms. The second-order valence-corrected chi connectivity index (χ2v) is 3.47. The molecule has 0 rings (SSSR count). The highest BCUT2D eigenvalue weighted by Crippen LogP contribution is 2.09. The maximum atomic E-state index is 9.42. The van der Waals surface area contributed by atoms with Gasteiger partial charge in [-0.1, -0.05) is 33.1 Å². The van der Waals surface area contributed by atoms with Crippen molar-refractivity contribution in [2.45, 2.75) is 64.6 Å². The van der Waals surface area contributed by atoms with E-state index in [4.69, 9.17) is 0 Å². The van der Waals surface area contributed by atoms with Gasteiger partial charge in [-0.25, -0.2) is 0 Å². The monoisotopic (exact) mass is 174 g/mol. The Hall–Kier alpha value is -0.0800. The van der Waals surface area contributed by atoms with Crippen LogP contribution in [0.1, 0.15) is 52.4 Å². The van der Waals surface area contributed by atoms with Crippen molar-refractivity contribution in [2.75, 3.05) is 0 Å². The average molecular weight is 174 g/mol. The van der Waals surface area contributed by atoms with Crippen LogP contribution in [0.15, 0.2) is 0 Å². The van der Waals surface area contributed by atoms with E-state index in [1.807, 2.05) is 6.92 Å². The minimum absolute atomic E-state index is 0.300. The normalized spacial score (nSPS) is 16.0. The van der Waals surface area contributed by atoms with Crippen LogP contribution in [0.2, 0.25) is 0 Å². The number of unbranched alkanes of at least 4 members (excludes halogenated alkanes) is 1. The minimum atomic E-state index is -0.304. The van der Waals surface area contributed by atoms with Crippen LogP contribution in [0, 0.1) is 0 Å². The van der Waals surface area contributed by atoms with Crippen molar-refractivity contribution in [1.82, 2.24) is 0 Å². The summed E-state index contributed by atoms with van der Waals surface area (Å²) in [5, 5.41) is 18.8. The first-order valence-corrected chi connectivity index (χ1v) is 5.06. The van der Waals surface area contributed by atoms with Crippen molar-refractivity contribution in [3.05, 3.63) is 0 Å². The number of hydrogen-bond acceptors (Lipinski definition) is 2. The fourth-order valence-electron chi connectivity index (χ4n) is 1.32. The second kappa shape index (κ2) is 7.56. The summed E-state index contributed by atoms with van der Waals surface area (Å²) in [5.41, 5.74) is 0. The summed E-state index contributed by atoms with van der Waals surface area (Å²) in [6.45, 7) is 4.15. The van der Waals surface area contributed by atoms with Gasteiger partial charge in [0.1, 0.15) is 0 Å². The Balaban J connectivity index is 3.33. The zero-order valence-corrected chi connectivity index (χ0v) is 8.29. The zero-order chi connectivity index (χ0) is 9.40. The molecule has 0 aromatic rings. The van der Waals surface area contributed by atoms with Crippen LogP contribution in [0.25, 0.3) is 0 Å². The van der Waals surface area contributed by atoms with Crippen molar-refractivity contribution in [3.8, 4) is 0 Å². The molecule has 0 amide bonds. The average Bonchev–Trinajstić information content (AvgIpc) is 2.01. The van der Waals surface area contributed by atoms with Gasteiger partial charge in [0.2, 0.25) is 0 Å². The van der Waals surface area contributed by atoms with E-state index in [1.165, 1.54) is 0 Å². The molecule has 2 heteroatoms. The molecule has 0 fully saturated rings. The summed E-state index contributed by atoms with van der Waals surface area (Å²) >= 11 is 0. The molecule has 0 saturated heterocycles. The van der Waals surface area contributed by atoms with Crippen LogP contribution >= 0.6 is 0 Å². The Morgan fingerprint density at radius 2 is 1.50 bits per heavy atom. The SMILES string of the molecule is CCCC[C@H](O)C[C@@H](O)CCC. The van der Waals surface area contributed by atoms with Crippen molar-refractivity contribution < 1.29 is 10.2 Å². The summed E-state index contributed by atoms with van der Waals surface area (Å²) in [6, 6.07) is 0. The van der Waals surface area contributed by atoms with Gasteiger partial charge in [-0.3, -0.25) is 0 Å². The largest absolute Gasteiger partial charge is 0.393 e. The van der Waals surface area contributed by atoms with Gasteiger partial charge < -0.3 is 10.2 Å². The fourth-order valence-corrected chi connectivity index (χ4v) is 1.32. The molecule has 2 nitrogen and oxygen atoms in total. The predicted octanol–water partition coefficient (Wildman–Crippen LogP) is 2.09. The lowest BCUT2D eigenvalue weighted by Crippen LogP contribution is -2.17. The summed E-state index contributed by atoms with van der Waals surface area (Å²) in [4.78, 5) is 0. The van der Waals surface area contributed by atoms with E-state index in [1.54, 1.807) is 0 Å². The van der Waals surface area contributed by atoms with Gasteiger partial charge in [0.15, 0.2) is 0 Å². The second-order valence-electron chi connectivity index (χ2n) is 3.47. The molecule has 2 atom stereocenters. The quantitative estimate of drug-likeness (QED) is 0.620. The van der Waals surface area contributed by atoms with E-state index in [9.17, 15) is 10.2 Å². The lowest BCUT2D eigenvalue weighted by Gasteiger charge is -2.14. The van der Waals surface area contributed by atoms with E-state index in [2.05, 4.69) is 6.92 Å². The van der Waals surface area contributed by atoms with Crippen LogP contribution in [-0.2, 0) is 0 Å². The fraction of sp³-hybridized carbons (Fsp3) is 1.00. The molecular formula is C10H22O2. The molecule has 0 bridgehead atoms. The summed E-state index contributed by atoms with van der Waals surface area (Å²) in [6.07, 6.45) is 4.74. The summed E-state index contributed by atoms with van der Waals surface area (Å²) in [5.74, 6) is 0. The Labute approximate surface area is 75.6 Å². The number of aliphatic hydroxyl groups is 2. The van der Waals surface area contributed by atoms with E-state index in [0.29, 0.717) is 6.42 Å². The third-order valence-electron chi connectivity index (χ3n) is 2.06. The smallest absolute Gasteiger partial charge is 0.0564 e.